The van der Waals surface area contributed by atoms with Gasteiger partial charge in [-0.05, 0) is 18.8 Å². The van der Waals surface area contributed by atoms with Gasteiger partial charge in [-0.15, -0.1) is 10.2 Å². The number of aromatic nitrogens is 3. The predicted molar refractivity (Wildman–Crippen MR) is 52.4 cm³/mol. The molecule has 1 aromatic heterocycles. The van der Waals surface area contributed by atoms with Crippen LogP contribution in [-0.2, 0) is 7.05 Å². The standard InChI is InChI=1S/C8H14N4S/c1-12-5-10-11-8(12)13-4-6-2-7(9)3-6/h5-7H,2-4,9H2,1H3. The fraction of sp³-hybridized carbons (Fsp3) is 0.750. The second kappa shape index (κ2) is 3.67. The average molecular weight is 198 g/mol. The van der Waals surface area contributed by atoms with Crippen molar-refractivity contribution in [1.82, 2.24) is 14.8 Å². The lowest BCUT2D eigenvalue weighted by Gasteiger charge is -2.31. The molecule has 2 N–H and O–H groups in total. The monoisotopic (exact) mass is 198 g/mol. The summed E-state index contributed by atoms with van der Waals surface area (Å²) in [7, 11) is 1.97. The third kappa shape index (κ3) is 2.03. The van der Waals surface area contributed by atoms with E-state index in [2.05, 4.69) is 10.2 Å². The first-order valence-corrected chi connectivity index (χ1v) is 5.46. The smallest absolute Gasteiger partial charge is 0.190 e. The van der Waals surface area contributed by atoms with Crippen LogP contribution in [-0.4, -0.2) is 26.6 Å². The van der Waals surface area contributed by atoms with Gasteiger partial charge in [-0.1, -0.05) is 11.8 Å². The summed E-state index contributed by atoms with van der Waals surface area (Å²) in [6.07, 6.45) is 4.07. The molecule has 1 aliphatic carbocycles. The van der Waals surface area contributed by atoms with Crippen molar-refractivity contribution in [3.8, 4) is 0 Å². The van der Waals surface area contributed by atoms with E-state index in [9.17, 15) is 0 Å². The molecule has 5 heteroatoms. The molecular formula is C8H14N4S. The molecule has 1 aromatic rings. The van der Waals surface area contributed by atoms with Gasteiger partial charge in [0.2, 0.25) is 0 Å². The zero-order valence-electron chi connectivity index (χ0n) is 7.68. The van der Waals surface area contributed by atoms with Gasteiger partial charge < -0.3 is 10.3 Å². The van der Waals surface area contributed by atoms with Crippen molar-refractivity contribution >= 4 is 11.8 Å². The van der Waals surface area contributed by atoms with Crippen molar-refractivity contribution in [2.45, 2.75) is 24.0 Å². The Morgan fingerprint density at radius 1 is 1.69 bits per heavy atom. The summed E-state index contributed by atoms with van der Waals surface area (Å²) in [5.74, 6) is 1.91. The molecule has 0 unspecified atom stereocenters. The normalized spacial score (nSPS) is 27.2. The van der Waals surface area contributed by atoms with Gasteiger partial charge in [-0.2, -0.15) is 0 Å². The predicted octanol–water partition coefficient (Wildman–Crippen LogP) is 0.644. The Balaban J connectivity index is 1.77. The molecule has 1 aliphatic rings. The molecule has 0 atom stereocenters. The van der Waals surface area contributed by atoms with Crippen molar-refractivity contribution in [2.75, 3.05) is 5.75 Å². The van der Waals surface area contributed by atoms with E-state index in [0.717, 1.165) is 16.8 Å². The zero-order valence-corrected chi connectivity index (χ0v) is 8.50. The molecule has 1 heterocycles. The zero-order chi connectivity index (χ0) is 9.26. The van der Waals surface area contributed by atoms with Gasteiger partial charge >= 0.3 is 0 Å². The van der Waals surface area contributed by atoms with Crippen LogP contribution in [0.25, 0.3) is 0 Å². The molecule has 13 heavy (non-hydrogen) atoms. The first kappa shape index (κ1) is 9.02. The van der Waals surface area contributed by atoms with Crippen LogP contribution in [0.1, 0.15) is 12.8 Å². The van der Waals surface area contributed by atoms with E-state index >= 15 is 0 Å². The Hall–Kier alpha value is -0.550. The second-order valence-corrected chi connectivity index (χ2v) is 4.62. The van der Waals surface area contributed by atoms with Crippen LogP contribution >= 0.6 is 11.8 Å². The van der Waals surface area contributed by atoms with Crippen LogP contribution in [0.15, 0.2) is 11.5 Å². The minimum atomic E-state index is 0.449. The lowest BCUT2D eigenvalue weighted by atomic mass is 9.82. The van der Waals surface area contributed by atoms with E-state index < -0.39 is 0 Å². The Morgan fingerprint density at radius 2 is 2.46 bits per heavy atom. The fourth-order valence-corrected chi connectivity index (χ4v) is 2.53. The van der Waals surface area contributed by atoms with Crippen LogP contribution < -0.4 is 5.73 Å². The van der Waals surface area contributed by atoms with E-state index in [1.165, 1.54) is 12.8 Å². The van der Waals surface area contributed by atoms with Crippen LogP contribution in [0.2, 0.25) is 0 Å². The second-order valence-electron chi connectivity index (χ2n) is 3.63. The molecule has 72 valence electrons. The minimum Gasteiger partial charge on any atom is -0.328 e. The van der Waals surface area contributed by atoms with E-state index in [0.29, 0.717) is 6.04 Å². The summed E-state index contributed by atoms with van der Waals surface area (Å²) in [5.41, 5.74) is 5.71. The first-order chi connectivity index (χ1) is 6.25. The minimum absolute atomic E-state index is 0.449. The lowest BCUT2D eigenvalue weighted by molar-refractivity contribution is 0.295. The molecule has 0 bridgehead atoms. The first-order valence-electron chi connectivity index (χ1n) is 4.48. The molecule has 0 saturated heterocycles. The highest BCUT2D eigenvalue weighted by molar-refractivity contribution is 7.99. The topological polar surface area (TPSA) is 56.7 Å². The Kier molecular flexibility index (Phi) is 2.55. The van der Waals surface area contributed by atoms with Gasteiger partial charge in [0.1, 0.15) is 6.33 Å². The van der Waals surface area contributed by atoms with Crippen molar-refractivity contribution in [1.29, 1.82) is 0 Å². The Labute approximate surface area is 81.9 Å². The van der Waals surface area contributed by atoms with Crippen LogP contribution in [0, 0.1) is 5.92 Å². The third-order valence-electron chi connectivity index (χ3n) is 2.39. The third-order valence-corrected chi connectivity index (χ3v) is 3.66. The van der Waals surface area contributed by atoms with Crippen LogP contribution in [0.5, 0.6) is 0 Å². The molecule has 0 amide bonds. The molecule has 1 fully saturated rings. The average Bonchev–Trinajstić information content (AvgIpc) is 2.43. The number of nitrogens with zero attached hydrogens (tertiary/aromatic N) is 3. The summed E-state index contributed by atoms with van der Waals surface area (Å²) in [6.45, 7) is 0. The summed E-state index contributed by atoms with van der Waals surface area (Å²) in [4.78, 5) is 0. The quantitative estimate of drug-likeness (QED) is 0.724. The lowest BCUT2D eigenvalue weighted by Crippen LogP contribution is -2.37. The summed E-state index contributed by atoms with van der Waals surface area (Å²) in [6, 6.07) is 0.449. The Morgan fingerprint density at radius 3 is 3.00 bits per heavy atom. The van der Waals surface area contributed by atoms with Crippen LogP contribution in [0.3, 0.4) is 0 Å². The number of aryl methyl sites for hydroxylation is 1. The number of hydrogen-bond acceptors (Lipinski definition) is 4. The summed E-state index contributed by atoms with van der Waals surface area (Å²) < 4.78 is 1.95. The van der Waals surface area contributed by atoms with Crippen LogP contribution in [0.4, 0.5) is 0 Å². The van der Waals surface area contributed by atoms with Gasteiger partial charge in [-0.25, -0.2) is 0 Å². The maximum Gasteiger partial charge on any atom is 0.190 e. The highest BCUT2D eigenvalue weighted by Crippen LogP contribution is 2.30. The Bertz CT molecular complexity index is 279. The molecule has 1 saturated carbocycles. The van der Waals surface area contributed by atoms with E-state index in [1.54, 1.807) is 18.1 Å². The molecule has 0 spiro atoms. The summed E-state index contributed by atoms with van der Waals surface area (Å²) >= 11 is 1.77. The van der Waals surface area contributed by atoms with E-state index in [1.807, 2.05) is 11.6 Å². The molecule has 0 aliphatic heterocycles. The highest BCUT2D eigenvalue weighted by Gasteiger charge is 2.25. The largest absolute Gasteiger partial charge is 0.328 e. The van der Waals surface area contributed by atoms with E-state index in [4.69, 9.17) is 5.73 Å². The number of nitrogens with two attached hydrogens (primary N) is 1. The number of thioether (sulfide) groups is 1. The number of rotatable bonds is 3. The van der Waals surface area contributed by atoms with Gasteiger partial charge in [-0.3, -0.25) is 0 Å². The summed E-state index contributed by atoms with van der Waals surface area (Å²) in [5, 5.41) is 8.84. The molecule has 2 rings (SSSR count). The molecular weight excluding hydrogens is 184 g/mol. The van der Waals surface area contributed by atoms with Crippen molar-refractivity contribution in [3.05, 3.63) is 6.33 Å². The van der Waals surface area contributed by atoms with Crippen molar-refractivity contribution < 1.29 is 0 Å². The van der Waals surface area contributed by atoms with E-state index in [-0.39, 0.29) is 0 Å². The fourth-order valence-electron chi connectivity index (χ4n) is 1.52. The van der Waals surface area contributed by atoms with Gasteiger partial charge in [0.15, 0.2) is 5.16 Å². The van der Waals surface area contributed by atoms with Gasteiger partial charge in [0, 0.05) is 18.8 Å². The molecule has 0 aromatic carbocycles. The maximum absolute atomic E-state index is 5.71. The molecule has 0 radical (unpaired) electrons. The van der Waals surface area contributed by atoms with Gasteiger partial charge in [0.25, 0.3) is 0 Å². The number of hydrogen-bond donors (Lipinski definition) is 1. The van der Waals surface area contributed by atoms with Gasteiger partial charge in [0.05, 0.1) is 0 Å². The highest BCUT2D eigenvalue weighted by atomic mass is 32.2. The molecule has 4 nitrogen and oxygen atoms in total. The SMILES string of the molecule is Cn1cnnc1SCC1CC(N)C1. The van der Waals surface area contributed by atoms with Crippen molar-refractivity contribution in [2.24, 2.45) is 18.7 Å². The maximum atomic E-state index is 5.71. The van der Waals surface area contributed by atoms with Crippen molar-refractivity contribution in [3.63, 3.8) is 0 Å².